The normalized spacial score (nSPS) is 10.6. The highest BCUT2D eigenvalue weighted by Crippen LogP contribution is 2.27. The van der Waals surface area contributed by atoms with Crippen LogP contribution in [-0.4, -0.2) is 5.78 Å². The van der Waals surface area contributed by atoms with E-state index in [0.29, 0.717) is 0 Å². The third-order valence-corrected chi connectivity index (χ3v) is 3.57. The van der Waals surface area contributed by atoms with E-state index in [1.807, 2.05) is 0 Å². The Labute approximate surface area is 122 Å². The number of carbonyl (C=O) groups is 1. The number of aryl methyl sites for hydroxylation is 1. The molecule has 1 nitrogen and oxygen atoms in total. The Morgan fingerprint density at radius 3 is 2.53 bits per heavy atom. The van der Waals surface area contributed by atoms with Crippen molar-refractivity contribution in [3.8, 4) is 0 Å². The molecular formula is C14H8BrClF2O. The van der Waals surface area contributed by atoms with Crippen molar-refractivity contribution in [3.63, 3.8) is 0 Å². The lowest BCUT2D eigenvalue weighted by Crippen LogP contribution is -2.08. The molecule has 0 unspecified atom stereocenters. The zero-order chi connectivity index (χ0) is 14.2. The molecule has 2 aromatic carbocycles. The summed E-state index contributed by atoms with van der Waals surface area (Å²) in [6, 6.07) is 6.93. The van der Waals surface area contributed by atoms with Crippen molar-refractivity contribution in [1.82, 2.24) is 0 Å². The maximum absolute atomic E-state index is 13.9. The molecule has 0 N–H and O–H groups in total. The van der Waals surface area contributed by atoms with E-state index in [1.165, 1.54) is 12.1 Å². The van der Waals surface area contributed by atoms with Crippen LogP contribution in [0.15, 0.2) is 34.8 Å². The first-order valence-corrected chi connectivity index (χ1v) is 6.53. The quantitative estimate of drug-likeness (QED) is 0.558. The Kier molecular flexibility index (Phi) is 4.02. The molecule has 0 heterocycles. The topological polar surface area (TPSA) is 17.1 Å². The molecular weight excluding hydrogens is 338 g/mol. The number of rotatable bonds is 2. The standard InChI is InChI=1S/C14H8BrClF2O/c1-7-2-3-8(10(16)6-7)14(19)12-11(17)5-4-9(15)13(12)18/h2-6H,1H3. The van der Waals surface area contributed by atoms with Crippen LogP contribution in [0.5, 0.6) is 0 Å². The third kappa shape index (κ3) is 2.69. The van der Waals surface area contributed by atoms with Crippen molar-refractivity contribution in [2.45, 2.75) is 6.92 Å². The van der Waals surface area contributed by atoms with Crippen LogP contribution < -0.4 is 0 Å². The molecule has 19 heavy (non-hydrogen) atoms. The molecule has 0 amide bonds. The van der Waals surface area contributed by atoms with E-state index in [0.717, 1.165) is 11.6 Å². The van der Waals surface area contributed by atoms with Gasteiger partial charge in [0.25, 0.3) is 0 Å². The monoisotopic (exact) mass is 344 g/mol. The predicted molar refractivity (Wildman–Crippen MR) is 73.7 cm³/mol. The Morgan fingerprint density at radius 2 is 1.89 bits per heavy atom. The van der Waals surface area contributed by atoms with E-state index in [9.17, 15) is 13.6 Å². The van der Waals surface area contributed by atoms with Gasteiger partial charge in [-0.25, -0.2) is 8.78 Å². The molecule has 0 spiro atoms. The molecule has 0 bridgehead atoms. The maximum atomic E-state index is 13.9. The predicted octanol–water partition coefficient (Wildman–Crippen LogP) is 4.92. The van der Waals surface area contributed by atoms with Gasteiger partial charge in [0, 0.05) is 5.56 Å². The zero-order valence-electron chi connectivity index (χ0n) is 9.81. The summed E-state index contributed by atoms with van der Waals surface area (Å²) in [6.07, 6.45) is 0. The first-order chi connectivity index (χ1) is 8.91. The van der Waals surface area contributed by atoms with E-state index >= 15 is 0 Å². The van der Waals surface area contributed by atoms with Gasteiger partial charge in [-0.05, 0) is 52.7 Å². The first-order valence-electron chi connectivity index (χ1n) is 5.36. The van der Waals surface area contributed by atoms with E-state index in [-0.39, 0.29) is 15.1 Å². The number of carbonyl (C=O) groups excluding carboxylic acids is 1. The van der Waals surface area contributed by atoms with Gasteiger partial charge in [-0.2, -0.15) is 0 Å². The van der Waals surface area contributed by atoms with Crippen molar-refractivity contribution in [2.75, 3.05) is 0 Å². The fraction of sp³-hybridized carbons (Fsp3) is 0.0714. The Hall–Kier alpha value is -1.26. The Morgan fingerprint density at radius 1 is 1.21 bits per heavy atom. The molecule has 0 radical (unpaired) electrons. The molecule has 0 saturated carbocycles. The van der Waals surface area contributed by atoms with Gasteiger partial charge >= 0.3 is 0 Å². The lowest BCUT2D eigenvalue weighted by molar-refractivity contribution is 0.103. The second-order valence-corrected chi connectivity index (χ2v) is 5.29. The zero-order valence-corrected chi connectivity index (χ0v) is 12.1. The molecule has 2 rings (SSSR count). The minimum atomic E-state index is -0.929. The number of benzene rings is 2. The summed E-state index contributed by atoms with van der Waals surface area (Å²) in [7, 11) is 0. The smallest absolute Gasteiger partial charge is 0.200 e. The first kappa shape index (κ1) is 14.2. The SMILES string of the molecule is Cc1ccc(C(=O)c2c(F)ccc(Br)c2F)c(Cl)c1. The van der Waals surface area contributed by atoms with Crippen molar-refractivity contribution in [2.24, 2.45) is 0 Å². The van der Waals surface area contributed by atoms with Gasteiger partial charge in [-0.3, -0.25) is 4.79 Å². The fourth-order valence-corrected chi connectivity index (χ4v) is 2.33. The van der Waals surface area contributed by atoms with Crippen LogP contribution in [-0.2, 0) is 0 Å². The molecule has 0 aliphatic carbocycles. The van der Waals surface area contributed by atoms with Crippen molar-refractivity contribution < 1.29 is 13.6 Å². The number of hydrogen-bond acceptors (Lipinski definition) is 1. The summed E-state index contributed by atoms with van der Waals surface area (Å²) in [5, 5.41) is 0.170. The second kappa shape index (κ2) is 5.39. The molecule has 98 valence electrons. The minimum Gasteiger partial charge on any atom is -0.288 e. The Balaban J connectivity index is 2.59. The van der Waals surface area contributed by atoms with Gasteiger partial charge in [0.15, 0.2) is 11.6 Å². The number of ketones is 1. The molecule has 0 fully saturated rings. The van der Waals surface area contributed by atoms with Crippen LogP contribution in [0.25, 0.3) is 0 Å². The van der Waals surface area contributed by atoms with Crippen LogP contribution in [0.2, 0.25) is 5.02 Å². The van der Waals surface area contributed by atoms with Crippen LogP contribution in [0, 0.1) is 18.6 Å². The highest BCUT2D eigenvalue weighted by molar-refractivity contribution is 9.10. The number of hydrogen-bond donors (Lipinski definition) is 0. The van der Waals surface area contributed by atoms with Crippen molar-refractivity contribution in [3.05, 3.63) is 68.2 Å². The van der Waals surface area contributed by atoms with Gasteiger partial charge < -0.3 is 0 Å². The minimum absolute atomic E-state index is 0.0282. The van der Waals surface area contributed by atoms with Crippen molar-refractivity contribution >= 4 is 33.3 Å². The van der Waals surface area contributed by atoms with Crippen LogP contribution in [0.4, 0.5) is 8.78 Å². The average Bonchev–Trinajstić information content (AvgIpc) is 2.34. The van der Waals surface area contributed by atoms with Crippen LogP contribution in [0.3, 0.4) is 0 Å². The summed E-state index contributed by atoms with van der Waals surface area (Å²) in [5.74, 6) is -2.62. The van der Waals surface area contributed by atoms with E-state index in [4.69, 9.17) is 11.6 Å². The van der Waals surface area contributed by atoms with Crippen LogP contribution in [0.1, 0.15) is 21.5 Å². The summed E-state index contributed by atoms with van der Waals surface area (Å²) < 4.78 is 27.5. The molecule has 0 aliphatic rings. The van der Waals surface area contributed by atoms with Gasteiger partial charge in [-0.1, -0.05) is 17.7 Å². The van der Waals surface area contributed by atoms with Gasteiger partial charge in [0.2, 0.25) is 0 Å². The molecule has 0 aliphatic heterocycles. The lowest BCUT2D eigenvalue weighted by Gasteiger charge is -2.08. The molecule has 0 aromatic heterocycles. The average molecular weight is 346 g/mol. The third-order valence-electron chi connectivity index (χ3n) is 2.64. The molecule has 5 heteroatoms. The summed E-state index contributed by atoms with van der Waals surface area (Å²) in [4.78, 5) is 12.2. The van der Waals surface area contributed by atoms with Gasteiger partial charge in [0.05, 0.1) is 15.1 Å². The van der Waals surface area contributed by atoms with Crippen LogP contribution >= 0.6 is 27.5 Å². The van der Waals surface area contributed by atoms with E-state index in [1.54, 1.807) is 19.1 Å². The number of halogens is 4. The maximum Gasteiger partial charge on any atom is 0.200 e. The molecule has 2 aromatic rings. The summed E-state index contributed by atoms with van der Waals surface area (Å²) in [6.45, 7) is 1.81. The summed E-state index contributed by atoms with van der Waals surface area (Å²) >= 11 is 8.87. The lowest BCUT2D eigenvalue weighted by atomic mass is 10.0. The second-order valence-electron chi connectivity index (χ2n) is 4.03. The summed E-state index contributed by atoms with van der Waals surface area (Å²) in [5.41, 5.74) is 0.319. The van der Waals surface area contributed by atoms with Gasteiger partial charge in [-0.15, -0.1) is 0 Å². The van der Waals surface area contributed by atoms with E-state index in [2.05, 4.69) is 15.9 Å². The van der Waals surface area contributed by atoms with Gasteiger partial charge in [0.1, 0.15) is 5.82 Å². The highest BCUT2D eigenvalue weighted by Gasteiger charge is 2.22. The molecule has 0 saturated heterocycles. The van der Waals surface area contributed by atoms with E-state index < -0.39 is 23.0 Å². The highest BCUT2D eigenvalue weighted by atomic mass is 79.9. The van der Waals surface area contributed by atoms with Crippen molar-refractivity contribution in [1.29, 1.82) is 0 Å². The largest absolute Gasteiger partial charge is 0.288 e. The molecule has 0 atom stereocenters. The Bertz CT molecular complexity index is 671. The fourth-order valence-electron chi connectivity index (χ4n) is 1.67.